The fourth-order valence-corrected chi connectivity index (χ4v) is 3.27. The molecule has 0 amide bonds. The number of anilines is 1. The molecule has 2 rings (SSSR count). The summed E-state index contributed by atoms with van der Waals surface area (Å²) in [7, 11) is -2.98. The molecule has 0 heterocycles. The monoisotopic (exact) mass is 361 g/mol. The topological polar surface area (TPSA) is 37.4 Å². The Kier molecular flexibility index (Phi) is 4.10. The lowest BCUT2D eigenvalue weighted by Crippen LogP contribution is -2.28. The summed E-state index contributed by atoms with van der Waals surface area (Å²) in [5.41, 5.74) is -0.156. The second kappa shape index (κ2) is 5.49. The third-order valence-electron chi connectivity index (χ3n) is 2.72. The van der Waals surface area contributed by atoms with E-state index in [2.05, 4.69) is 15.9 Å². The maximum Gasteiger partial charge on any atom is 0.267 e. The molecule has 0 unspecified atom stereocenters. The third-order valence-corrected chi connectivity index (χ3v) is 5.02. The number of halogens is 3. The molecular formula is C13H10BrF2NO2S. The highest BCUT2D eigenvalue weighted by Gasteiger charge is 2.26. The predicted molar refractivity (Wildman–Crippen MR) is 76.1 cm³/mol. The Balaban J connectivity index is 2.52. The molecule has 0 bridgehead atoms. The molecule has 106 valence electrons. The first-order valence-electron chi connectivity index (χ1n) is 5.52. The van der Waals surface area contributed by atoms with Crippen LogP contribution < -0.4 is 4.31 Å². The summed E-state index contributed by atoms with van der Waals surface area (Å²) in [6.07, 6.45) is 0. The molecule has 3 nitrogen and oxygen atoms in total. The van der Waals surface area contributed by atoms with Crippen LogP contribution in [0.25, 0.3) is 0 Å². The molecule has 0 aliphatic carbocycles. The van der Waals surface area contributed by atoms with Crippen molar-refractivity contribution in [3.8, 4) is 0 Å². The number of hydrogen-bond acceptors (Lipinski definition) is 2. The summed E-state index contributed by atoms with van der Waals surface area (Å²) in [6, 6.07) is 8.92. The van der Waals surface area contributed by atoms with E-state index in [-0.39, 0.29) is 5.69 Å². The maximum atomic E-state index is 13.8. The van der Waals surface area contributed by atoms with Crippen LogP contribution in [0.2, 0.25) is 0 Å². The molecule has 0 radical (unpaired) electrons. The van der Waals surface area contributed by atoms with Gasteiger partial charge in [0.05, 0.1) is 5.69 Å². The lowest BCUT2D eigenvalue weighted by atomic mass is 10.3. The van der Waals surface area contributed by atoms with Gasteiger partial charge in [0.1, 0.15) is 16.5 Å². The summed E-state index contributed by atoms with van der Waals surface area (Å²) in [6.45, 7) is 0. The van der Waals surface area contributed by atoms with Gasteiger partial charge in [0, 0.05) is 11.5 Å². The maximum absolute atomic E-state index is 13.8. The first-order chi connectivity index (χ1) is 9.34. The van der Waals surface area contributed by atoms with Gasteiger partial charge in [-0.25, -0.2) is 17.2 Å². The van der Waals surface area contributed by atoms with Gasteiger partial charge in [0.25, 0.3) is 10.0 Å². The largest absolute Gasteiger partial charge is 0.267 e. The van der Waals surface area contributed by atoms with Crippen LogP contribution in [0.3, 0.4) is 0 Å². The van der Waals surface area contributed by atoms with Crippen LogP contribution in [0.5, 0.6) is 0 Å². The average Bonchev–Trinajstić information content (AvgIpc) is 2.38. The summed E-state index contributed by atoms with van der Waals surface area (Å²) >= 11 is 3.08. The highest BCUT2D eigenvalue weighted by molar-refractivity contribution is 9.10. The zero-order chi connectivity index (χ0) is 14.9. The van der Waals surface area contributed by atoms with Crippen molar-refractivity contribution < 1.29 is 17.2 Å². The van der Waals surface area contributed by atoms with Crippen molar-refractivity contribution in [1.82, 2.24) is 0 Å². The van der Waals surface area contributed by atoms with Gasteiger partial charge in [0.2, 0.25) is 0 Å². The van der Waals surface area contributed by atoms with Crippen LogP contribution in [-0.2, 0) is 10.0 Å². The molecule has 0 aliphatic heterocycles. The summed E-state index contributed by atoms with van der Waals surface area (Å²) in [4.78, 5) is -0.496. The lowest BCUT2D eigenvalue weighted by Gasteiger charge is -2.20. The fourth-order valence-electron chi connectivity index (χ4n) is 1.67. The highest BCUT2D eigenvalue weighted by atomic mass is 79.9. The van der Waals surface area contributed by atoms with Crippen molar-refractivity contribution in [2.45, 2.75) is 4.90 Å². The van der Waals surface area contributed by atoms with Gasteiger partial charge in [-0.05, 0) is 30.3 Å². The van der Waals surface area contributed by atoms with Crippen LogP contribution in [-0.4, -0.2) is 15.5 Å². The molecule has 0 fully saturated rings. The van der Waals surface area contributed by atoms with E-state index >= 15 is 0 Å². The third kappa shape index (κ3) is 2.69. The van der Waals surface area contributed by atoms with Crippen LogP contribution in [0.15, 0.2) is 51.8 Å². The molecule has 20 heavy (non-hydrogen) atoms. The Morgan fingerprint density at radius 2 is 1.70 bits per heavy atom. The molecule has 0 atom stereocenters. The highest BCUT2D eigenvalue weighted by Crippen LogP contribution is 2.27. The fraction of sp³-hybridized carbons (Fsp3) is 0.0769. The second-order valence-electron chi connectivity index (χ2n) is 4.00. The van der Waals surface area contributed by atoms with Gasteiger partial charge in [-0.1, -0.05) is 28.1 Å². The van der Waals surface area contributed by atoms with E-state index in [1.807, 2.05) is 0 Å². The van der Waals surface area contributed by atoms with Crippen molar-refractivity contribution in [3.05, 3.63) is 58.6 Å². The Morgan fingerprint density at radius 1 is 1.05 bits per heavy atom. The second-order valence-corrected chi connectivity index (χ2v) is 6.85. The number of benzene rings is 2. The number of sulfonamides is 1. The quantitative estimate of drug-likeness (QED) is 0.838. The van der Waals surface area contributed by atoms with Crippen LogP contribution >= 0.6 is 15.9 Å². The van der Waals surface area contributed by atoms with E-state index in [0.29, 0.717) is 8.78 Å². The van der Waals surface area contributed by atoms with E-state index in [4.69, 9.17) is 0 Å². The molecule has 2 aromatic rings. The molecule has 0 spiro atoms. The Morgan fingerprint density at radius 3 is 2.30 bits per heavy atom. The Hall–Kier alpha value is -1.47. The van der Waals surface area contributed by atoms with Crippen molar-refractivity contribution in [2.75, 3.05) is 11.4 Å². The molecular weight excluding hydrogens is 352 g/mol. The zero-order valence-corrected chi connectivity index (χ0v) is 12.7. The predicted octanol–water partition coefficient (Wildman–Crippen LogP) is 3.55. The summed E-state index contributed by atoms with van der Waals surface area (Å²) in [5, 5.41) is 0. The summed E-state index contributed by atoms with van der Waals surface area (Å²) in [5.74, 6) is -1.60. The van der Waals surface area contributed by atoms with Crippen LogP contribution in [0.4, 0.5) is 14.5 Å². The first kappa shape index (κ1) is 14.9. The van der Waals surface area contributed by atoms with Crippen LogP contribution in [0.1, 0.15) is 0 Å². The molecule has 7 heteroatoms. The number of nitrogens with zero attached hydrogens (tertiary/aromatic N) is 1. The number of hydrogen-bond donors (Lipinski definition) is 0. The van der Waals surface area contributed by atoms with Gasteiger partial charge in [0.15, 0.2) is 0 Å². The summed E-state index contributed by atoms with van der Waals surface area (Å²) < 4.78 is 53.2. The van der Waals surface area contributed by atoms with Gasteiger partial charge < -0.3 is 0 Å². The molecule has 0 saturated carbocycles. The molecule has 2 aromatic carbocycles. The number of rotatable bonds is 3. The molecule has 0 saturated heterocycles. The zero-order valence-electron chi connectivity index (χ0n) is 10.3. The minimum Gasteiger partial charge on any atom is -0.266 e. The SMILES string of the molecule is CN(c1ccc(Br)cc1F)S(=O)(=O)c1ccccc1F. The molecule has 0 aromatic heterocycles. The molecule has 0 N–H and O–H groups in total. The van der Waals surface area contributed by atoms with E-state index in [1.54, 1.807) is 0 Å². The van der Waals surface area contributed by atoms with Crippen LogP contribution in [0, 0.1) is 11.6 Å². The lowest BCUT2D eigenvalue weighted by molar-refractivity contribution is 0.564. The van der Waals surface area contributed by atoms with Crippen molar-refractivity contribution in [2.24, 2.45) is 0 Å². The smallest absolute Gasteiger partial charge is 0.266 e. The van der Waals surface area contributed by atoms with E-state index < -0.39 is 26.6 Å². The molecule has 0 aliphatic rings. The standard InChI is InChI=1S/C13H10BrF2NO2S/c1-17(12-7-6-9(14)8-11(12)16)20(18,19)13-5-3-2-4-10(13)15/h2-8H,1H3. The Bertz CT molecular complexity index is 750. The first-order valence-corrected chi connectivity index (χ1v) is 7.76. The van der Waals surface area contributed by atoms with E-state index in [9.17, 15) is 17.2 Å². The normalized spacial score (nSPS) is 11.4. The van der Waals surface area contributed by atoms with Crippen molar-refractivity contribution in [1.29, 1.82) is 0 Å². The Labute approximate surface area is 124 Å². The minimum absolute atomic E-state index is 0.156. The van der Waals surface area contributed by atoms with Gasteiger partial charge in [-0.3, -0.25) is 4.31 Å². The van der Waals surface area contributed by atoms with E-state index in [0.717, 1.165) is 18.2 Å². The minimum atomic E-state index is -4.16. The van der Waals surface area contributed by atoms with Gasteiger partial charge >= 0.3 is 0 Å². The van der Waals surface area contributed by atoms with E-state index in [1.165, 1.54) is 31.3 Å². The average molecular weight is 362 g/mol. The van der Waals surface area contributed by atoms with Gasteiger partial charge in [-0.15, -0.1) is 0 Å². The van der Waals surface area contributed by atoms with Crippen molar-refractivity contribution >= 4 is 31.6 Å². The van der Waals surface area contributed by atoms with Crippen molar-refractivity contribution in [3.63, 3.8) is 0 Å². The van der Waals surface area contributed by atoms with Gasteiger partial charge in [-0.2, -0.15) is 0 Å².